The molecule has 0 spiro atoms. The molecular weight excluding hydrogens is 260 g/mol. The summed E-state index contributed by atoms with van der Waals surface area (Å²) >= 11 is 0. The number of carboxylic acid groups (broad SMARTS) is 1. The number of carboxylic acids is 1. The van der Waals surface area contributed by atoms with Gasteiger partial charge in [-0.25, -0.2) is 4.79 Å². The smallest absolute Gasteiger partial charge is 0.339 e. The van der Waals surface area contributed by atoms with Crippen molar-refractivity contribution in [2.75, 3.05) is 7.11 Å². The van der Waals surface area contributed by atoms with Gasteiger partial charge < -0.3 is 14.3 Å². The second kappa shape index (κ2) is 5.25. The molecule has 0 saturated heterocycles. The van der Waals surface area contributed by atoms with Crippen molar-refractivity contribution in [1.29, 1.82) is 0 Å². The Kier molecular flexibility index (Phi) is 4.30. The lowest BCUT2D eigenvalue weighted by molar-refractivity contribution is 0.0694. The van der Waals surface area contributed by atoms with E-state index >= 15 is 0 Å². The fourth-order valence-corrected chi connectivity index (χ4v) is 2.39. The Bertz CT molecular complexity index is 475. The van der Waals surface area contributed by atoms with Gasteiger partial charge in [-0.2, -0.15) is 0 Å². The van der Waals surface area contributed by atoms with Crippen molar-refractivity contribution in [3.8, 4) is 11.5 Å². The molecule has 4 nitrogen and oxygen atoms in total. The summed E-state index contributed by atoms with van der Waals surface area (Å²) in [7, 11) is -0.601. The van der Waals surface area contributed by atoms with Crippen LogP contribution >= 0.6 is 0 Å². The van der Waals surface area contributed by atoms with Crippen LogP contribution in [-0.2, 0) is 0 Å². The zero-order chi connectivity index (χ0) is 14.8. The third-order valence-electron chi connectivity index (χ3n) is 3.59. The van der Waals surface area contributed by atoms with Crippen LogP contribution in [0.15, 0.2) is 18.2 Å². The van der Waals surface area contributed by atoms with E-state index in [0.717, 1.165) is 0 Å². The van der Waals surface area contributed by atoms with Crippen LogP contribution in [0.4, 0.5) is 0 Å². The maximum atomic E-state index is 11.3. The SMILES string of the molecule is COc1cccc(C(=O)O)c1O[Si](C)(C)C(C)(C)C. The van der Waals surface area contributed by atoms with E-state index in [2.05, 4.69) is 33.9 Å². The van der Waals surface area contributed by atoms with Crippen molar-refractivity contribution in [3.05, 3.63) is 23.8 Å². The van der Waals surface area contributed by atoms with Crippen LogP contribution in [0.3, 0.4) is 0 Å². The van der Waals surface area contributed by atoms with E-state index in [1.165, 1.54) is 13.2 Å². The summed E-state index contributed by atoms with van der Waals surface area (Å²) in [5.74, 6) is -0.207. The van der Waals surface area contributed by atoms with Crippen LogP contribution in [0.25, 0.3) is 0 Å². The highest BCUT2D eigenvalue weighted by Crippen LogP contribution is 2.41. The zero-order valence-corrected chi connectivity index (χ0v) is 13.4. The van der Waals surface area contributed by atoms with Crippen molar-refractivity contribution in [1.82, 2.24) is 0 Å². The molecule has 0 aliphatic carbocycles. The molecule has 1 aromatic carbocycles. The monoisotopic (exact) mass is 282 g/mol. The predicted octanol–water partition coefficient (Wildman–Crippen LogP) is 3.78. The minimum absolute atomic E-state index is 0.0103. The van der Waals surface area contributed by atoms with Crippen molar-refractivity contribution in [2.45, 2.75) is 38.9 Å². The first-order valence-corrected chi connectivity index (χ1v) is 9.10. The number of para-hydroxylation sites is 1. The molecule has 0 unspecified atom stereocenters. The van der Waals surface area contributed by atoms with Gasteiger partial charge in [-0.3, -0.25) is 0 Å². The molecule has 5 heteroatoms. The fraction of sp³-hybridized carbons (Fsp3) is 0.500. The van der Waals surface area contributed by atoms with Gasteiger partial charge in [-0.15, -0.1) is 0 Å². The Hall–Kier alpha value is -1.49. The third kappa shape index (κ3) is 3.29. The topological polar surface area (TPSA) is 55.8 Å². The number of methoxy groups -OCH3 is 1. The summed E-state index contributed by atoms with van der Waals surface area (Å²) < 4.78 is 11.3. The van der Waals surface area contributed by atoms with Gasteiger partial charge in [-0.1, -0.05) is 26.8 Å². The van der Waals surface area contributed by atoms with Crippen molar-refractivity contribution in [3.63, 3.8) is 0 Å². The number of ether oxygens (including phenoxy) is 1. The first kappa shape index (κ1) is 15.6. The molecule has 1 N–H and O–H groups in total. The second-order valence-electron chi connectivity index (χ2n) is 6.00. The molecule has 0 bridgehead atoms. The van der Waals surface area contributed by atoms with E-state index in [4.69, 9.17) is 9.16 Å². The Balaban J connectivity index is 3.30. The van der Waals surface area contributed by atoms with E-state index in [9.17, 15) is 9.90 Å². The van der Waals surface area contributed by atoms with E-state index < -0.39 is 14.3 Å². The standard InChI is InChI=1S/C14H22O4Si/c1-14(2,3)19(5,6)18-12-10(13(15)16)8-7-9-11(12)17-4/h7-9H,1-6H3,(H,15,16). The summed E-state index contributed by atoms with van der Waals surface area (Å²) in [5, 5.41) is 9.25. The maximum absolute atomic E-state index is 11.3. The number of hydrogen-bond donors (Lipinski definition) is 1. The third-order valence-corrected chi connectivity index (χ3v) is 7.92. The normalized spacial score (nSPS) is 12.1. The predicted molar refractivity (Wildman–Crippen MR) is 77.8 cm³/mol. The van der Waals surface area contributed by atoms with Crippen LogP contribution in [0.5, 0.6) is 11.5 Å². The second-order valence-corrected chi connectivity index (χ2v) is 10.7. The lowest BCUT2D eigenvalue weighted by atomic mass is 10.2. The van der Waals surface area contributed by atoms with E-state index in [0.29, 0.717) is 11.5 Å². The van der Waals surface area contributed by atoms with Crippen molar-refractivity contribution in [2.24, 2.45) is 0 Å². The minimum Gasteiger partial charge on any atom is -0.540 e. The highest BCUT2D eigenvalue weighted by molar-refractivity contribution is 6.74. The average Bonchev–Trinajstić information content (AvgIpc) is 2.26. The van der Waals surface area contributed by atoms with Gasteiger partial charge in [0.05, 0.1) is 7.11 Å². The summed E-state index contributed by atoms with van der Waals surface area (Å²) in [6.45, 7) is 10.5. The van der Waals surface area contributed by atoms with Crippen LogP contribution in [-0.4, -0.2) is 26.5 Å². The largest absolute Gasteiger partial charge is 0.540 e. The van der Waals surface area contributed by atoms with Gasteiger partial charge in [0.2, 0.25) is 0 Å². The summed E-state index contributed by atoms with van der Waals surface area (Å²) in [5.41, 5.74) is 0.143. The van der Waals surface area contributed by atoms with Crippen molar-refractivity contribution < 1.29 is 19.1 Å². The Morgan fingerprint density at radius 3 is 2.26 bits per heavy atom. The molecule has 0 atom stereocenters. The molecule has 1 rings (SSSR count). The molecule has 19 heavy (non-hydrogen) atoms. The number of hydrogen-bond acceptors (Lipinski definition) is 3. The van der Waals surface area contributed by atoms with E-state index in [-0.39, 0.29) is 10.6 Å². The molecule has 0 radical (unpaired) electrons. The molecule has 0 amide bonds. The summed E-state index contributed by atoms with van der Waals surface area (Å²) in [6.07, 6.45) is 0. The fourth-order valence-electron chi connectivity index (χ4n) is 1.36. The molecular formula is C14H22O4Si. The Labute approximate surface area is 115 Å². The maximum Gasteiger partial charge on any atom is 0.339 e. The van der Waals surface area contributed by atoms with Crippen LogP contribution in [0.1, 0.15) is 31.1 Å². The molecule has 0 fully saturated rings. The molecule has 0 heterocycles. The summed E-state index contributed by atoms with van der Waals surface area (Å²) in [4.78, 5) is 11.3. The first-order valence-electron chi connectivity index (χ1n) is 6.19. The highest BCUT2D eigenvalue weighted by atomic mass is 28.4. The van der Waals surface area contributed by atoms with Crippen LogP contribution in [0.2, 0.25) is 18.1 Å². The first-order chi connectivity index (χ1) is 8.60. The average molecular weight is 282 g/mol. The van der Waals surface area contributed by atoms with E-state index in [1.807, 2.05) is 0 Å². The lowest BCUT2D eigenvalue weighted by Crippen LogP contribution is -2.44. The van der Waals surface area contributed by atoms with Gasteiger partial charge in [-0.05, 0) is 30.3 Å². The summed E-state index contributed by atoms with van der Waals surface area (Å²) in [6, 6.07) is 4.91. The Morgan fingerprint density at radius 1 is 1.26 bits per heavy atom. The molecule has 1 aromatic rings. The van der Waals surface area contributed by atoms with Gasteiger partial charge in [0.1, 0.15) is 5.56 Å². The quantitative estimate of drug-likeness (QED) is 0.854. The van der Waals surface area contributed by atoms with Crippen molar-refractivity contribution >= 4 is 14.3 Å². The lowest BCUT2D eigenvalue weighted by Gasteiger charge is -2.37. The number of benzene rings is 1. The van der Waals surface area contributed by atoms with Gasteiger partial charge in [0.15, 0.2) is 11.5 Å². The van der Waals surface area contributed by atoms with Gasteiger partial charge in [0.25, 0.3) is 8.32 Å². The number of carbonyl (C=O) groups is 1. The number of aromatic carboxylic acids is 1. The van der Waals surface area contributed by atoms with Gasteiger partial charge in [0, 0.05) is 0 Å². The Morgan fingerprint density at radius 2 is 1.84 bits per heavy atom. The highest BCUT2D eigenvalue weighted by Gasteiger charge is 2.40. The molecule has 106 valence electrons. The molecule has 0 aliphatic rings. The molecule has 0 saturated carbocycles. The molecule has 0 aliphatic heterocycles. The number of rotatable bonds is 4. The molecule has 0 aromatic heterocycles. The van der Waals surface area contributed by atoms with Crippen LogP contribution < -0.4 is 9.16 Å². The zero-order valence-electron chi connectivity index (χ0n) is 12.4. The van der Waals surface area contributed by atoms with Crippen LogP contribution in [0, 0.1) is 0 Å². The minimum atomic E-state index is -2.11. The van der Waals surface area contributed by atoms with E-state index in [1.54, 1.807) is 12.1 Å². The van der Waals surface area contributed by atoms with Gasteiger partial charge >= 0.3 is 5.97 Å².